The number of hydrogen-bond donors (Lipinski definition) is 0. The van der Waals surface area contributed by atoms with Gasteiger partial charge in [-0.3, -0.25) is 0 Å². The summed E-state index contributed by atoms with van der Waals surface area (Å²) in [5.41, 5.74) is 24.1. The van der Waals surface area contributed by atoms with Crippen molar-refractivity contribution in [2.45, 2.75) is 112 Å². The maximum absolute atomic E-state index is 9.29. The lowest BCUT2D eigenvalue weighted by Gasteiger charge is -2.36. The van der Waals surface area contributed by atoms with Crippen LogP contribution in [0.15, 0.2) is 152 Å². The molecule has 3 aliphatic rings. The van der Waals surface area contributed by atoms with Crippen molar-refractivity contribution in [3.05, 3.63) is 191 Å². The summed E-state index contributed by atoms with van der Waals surface area (Å²) < 4.78 is 25.0. The maximum atomic E-state index is 9.29. The van der Waals surface area contributed by atoms with Crippen LogP contribution in [0.2, 0.25) is 0 Å². The van der Waals surface area contributed by atoms with Crippen molar-refractivity contribution in [2.24, 2.45) is 0 Å². The summed E-state index contributed by atoms with van der Waals surface area (Å²) in [7, 11) is 0. The summed E-state index contributed by atoms with van der Waals surface area (Å²) in [4.78, 5) is 0. The zero-order chi connectivity index (χ0) is 49.0. The van der Waals surface area contributed by atoms with E-state index < -0.39 is 11.7 Å². The van der Waals surface area contributed by atoms with Crippen LogP contribution in [-0.4, -0.2) is 4.57 Å². The molecule has 0 fully saturated rings. The van der Waals surface area contributed by atoms with E-state index in [0.717, 1.165) is 61.8 Å². The number of pyridine rings is 1. The second-order valence-corrected chi connectivity index (χ2v) is 22.6. The van der Waals surface area contributed by atoms with E-state index in [1.54, 1.807) is 0 Å². The molecule has 0 radical (unpaired) electrons. The normalized spacial score (nSPS) is 15.8. The van der Waals surface area contributed by atoms with Crippen LogP contribution in [0.1, 0.15) is 121 Å². The molecule has 69 heavy (non-hydrogen) atoms. The van der Waals surface area contributed by atoms with Gasteiger partial charge >= 0.3 is 11.7 Å². The summed E-state index contributed by atoms with van der Waals surface area (Å²) in [6.07, 6.45) is 2.28. The minimum absolute atomic E-state index is 0.131. The maximum Gasteiger partial charge on any atom is 0.499 e. The molecule has 1 spiro atoms. The number of para-hydroxylation sites is 1. The molecule has 1 unspecified atom stereocenters. The largest absolute Gasteiger partial charge is 0.499 e. The quantitative estimate of drug-likeness (QED) is 0.152. The molecule has 0 saturated carbocycles. The molecule has 0 amide bonds. The number of rotatable bonds is 6. The van der Waals surface area contributed by atoms with Crippen molar-refractivity contribution in [3.8, 4) is 78.6 Å². The first-order valence-corrected chi connectivity index (χ1v) is 24.9. The lowest BCUT2D eigenvalue weighted by molar-refractivity contribution is -0.997. The minimum atomic E-state index is -1.11. The minimum Gasteiger partial charge on any atom is -0.392 e. The van der Waals surface area contributed by atoms with Gasteiger partial charge in [-0.1, -0.05) is 166 Å². The van der Waals surface area contributed by atoms with Gasteiger partial charge in [0.05, 0.1) is 5.56 Å². The first-order valence-electron chi connectivity index (χ1n) is 25.4. The fourth-order valence-corrected chi connectivity index (χ4v) is 11.7. The molecule has 0 N–H and O–H groups in total. The van der Waals surface area contributed by atoms with Gasteiger partial charge in [0, 0.05) is 30.2 Å². The summed E-state index contributed by atoms with van der Waals surface area (Å²) in [5, 5.41) is 0. The molecular formula is C65H63N3O+2. The molecule has 1 atom stereocenters. The van der Waals surface area contributed by atoms with E-state index in [9.17, 15) is 1.37 Å². The Kier molecular flexibility index (Phi) is 9.14. The number of hydrogen-bond acceptors (Lipinski definition) is 1. The summed E-state index contributed by atoms with van der Waals surface area (Å²) in [5.74, 6) is 0.427. The zero-order valence-electron chi connectivity index (χ0n) is 43.3. The van der Waals surface area contributed by atoms with E-state index in [4.69, 9.17) is 4.74 Å². The smallest absolute Gasteiger partial charge is 0.392 e. The second kappa shape index (κ2) is 15.0. The Morgan fingerprint density at radius 1 is 0.594 bits per heavy atom. The lowest BCUT2D eigenvalue weighted by Crippen LogP contribution is -2.78. The Morgan fingerprint density at radius 2 is 1.29 bits per heavy atom. The molecule has 3 aliphatic heterocycles. The predicted molar refractivity (Wildman–Crippen MR) is 284 cm³/mol. The van der Waals surface area contributed by atoms with Crippen LogP contribution in [0.3, 0.4) is 0 Å². The number of fused-ring (bicyclic) bond motifs is 5. The zero-order valence-corrected chi connectivity index (χ0v) is 42.3. The third kappa shape index (κ3) is 6.26. The van der Waals surface area contributed by atoms with Gasteiger partial charge < -0.3 is 4.74 Å². The van der Waals surface area contributed by atoms with E-state index in [0.29, 0.717) is 5.92 Å². The van der Waals surface area contributed by atoms with E-state index in [-0.39, 0.29) is 10.8 Å². The van der Waals surface area contributed by atoms with Crippen molar-refractivity contribution in [1.29, 1.82) is 0 Å². The van der Waals surface area contributed by atoms with Crippen molar-refractivity contribution in [1.82, 2.24) is 4.57 Å². The van der Waals surface area contributed by atoms with E-state index >= 15 is 0 Å². The third-order valence-corrected chi connectivity index (χ3v) is 15.2. The molecular weight excluding hydrogens is 839 g/mol. The topological polar surface area (TPSA) is 21.9 Å². The molecule has 4 nitrogen and oxygen atoms in total. The number of nitrogens with zero attached hydrogens (tertiary/aromatic N) is 3. The van der Waals surface area contributed by atoms with Gasteiger partial charge in [0.25, 0.3) is 0 Å². The second-order valence-electron chi connectivity index (χ2n) is 22.6. The van der Waals surface area contributed by atoms with Crippen LogP contribution in [0.5, 0.6) is 5.75 Å². The van der Waals surface area contributed by atoms with E-state index in [1.165, 1.54) is 66.8 Å². The Labute approximate surface area is 409 Å². The number of ether oxygens (including phenoxy) is 1. The number of benzene rings is 7. The van der Waals surface area contributed by atoms with E-state index in [1.807, 2.05) is 13.8 Å². The van der Waals surface area contributed by atoms with Gasteiger partial charge in [-0.25, -0.2) is 0 Å². The molecule has 0 aliphatic carbocycles. The molecule has 0 bridgehead atoms. The summed E-state index contributed by atoms with van der Waals surface area (Å²) in [6.45, 7) is 26.9. The molecule has 5 heterocycles. The first-order chi connectivity index (χ1) is 33.3. The number of aromatic nitrogens is 3. The molecule has 9 aromatic rings. The van der Waals surface area contributed by atoms with Crippen molar-refractivity contribution < 1.29 is 15.2 Å². The standard InChI is InChI=1S/C65H63N3O/c1-38(2)48-20-16-21-49(39(3)4)58(48)45-28-29-55(41(6)32-45)67-56-23-17-22-50-51-33-46(42-18-14-13-15-19-42)34-52-57-35-44(43-26-24-40(5)25-27-43)30-31-66(57)65(59(51)52)68(60(50)56)62(67)53-36-47(63(7,8)9)37-54(61(53)69-65)64(10,11)12/h13-39H,1-12H3/q+2/i38D. The van der Waals surface area contributed by atoms with Gasteiger partial charge in [-0.05, 0) is 135 Å². The molecule has 342 valence electrons. The van der Waals surface area contributed by atoms with Gasteiger partial charge in [0.1, 0.15) is 16.8 Å². The van der Waals surface area contributed by atoms with E-state index in [2.05, 4.69) is 235 Å². The van der Waals surface area contributed by atoms with Crippen LogP contribution in [0.4, 0.5) is 0 Å². The van der Waals surface area contributed by atoms with Gasteiger partial charge in [0.2, 0.25) is 5.69 Å². The number of imidazole rings is 1. The first kappa shape index (κ1) is 42.1. The highest BCUT2D eigenvalue weighted by molar-refractivity contribution is 5.99. The monoisotopic (exact) mass is 903 g/mol. The molecule has 12 rings (SSSR count). The molecule has 2 aromatic heterocycles. The molecule has 7 aromatic carbocycles. The molecule has 0 saturated heterocycles. The van der Waals surface area contributed by atoms with Crippen molar-refractivity contribution in [3.63, 3.8) is 0 Å². The molecule has 4 heteroatoms. The van der Waals surface area contributed by atoms with Crippen molar-refractivity contribution in [2.75, 3.05) is 0 Å². The van der Waals surface area contributed by atoms with Crippen LogP contribution in [0, 0.1) is 13.8 Å². The van der Waals surface area contributed by atoms with Gasteiger partial charge in [-0.15, -0.1) is 9.13 Å². The SMILES string of the molecule is [2H]C(C)(C)c1cccc(C(C)C)c1-c1ccc(-n2c3[n+]4c5c(cccc52)-c2cc(-c5ccccc5)cc5c2C4(Oc2c-3cc(C(C)(C)C)cc2C(C)(C)C)[n+]2ccc(-c3ccc(C)cc3)cc2-5)c(C)c1. The lowest BCUT2D eigenvalue weighted by atomic mass is 9.78. The fraction of sp³-hybridized carbons (Fsp3) is 0.262. The van der Waals surface area contributed by atoms with Crippen LogP contribution < -0.4 is 13.9 Å². The highest BCUT2D eigenvalue weighted by atomic mass is 16.5. The van der Waals surface area contributed by atoms with Crippen molar-refractivity contribution >= 4 is 11.0 Å². The average molecular weight is 903 g/mol. The predicted octanol–water partition coefficient (Wildman–Crippen LogP) is 15.9. The summed E-state index contributed by atoms with van der Waals surface area (Å²) in [6, 6.07) is 54.5. The van der Waals surface area contributed by atoms with Crippen LogP contribution in [-0.2, 0) is 16.7 Å². The highest BCUT2D eigenvalue weighted by Crippen LogP contribution is 2.56. The average Bonchev–Trinajstić information content (AvgIpc) is 3.81. The third-order valence-electron chi connectivity index (χ3n) is 15.2. The van der Waals surface area contributed by atoms with Crippen LogP contribution in [0.25, 0.3) is 83.9 Å². The Balaban J connectivity index is 1.24. The Morgan fingerprint density at radius 3 is 1.99 bits per heavy atom. The summed E-state index contributed by atoms with van der Waals surface area (Å²) >= 11 is 0. The van der Waals surface area contributed by atoms with Crippen LogP contribution >= 0.6 is 0 Å². The van der Waals surface area contributed by atoms with Gasteiger partial charge in [0.15, 0.2) is 23.0 Å². The number of aryl methyl sites for hydroxylation is 2. The highest BCUT2D eigenvalue weighted by Gasteiger charge is 2.69. The Hall–Kier alpha value is -7.04. The Bertz CT molecular complexity index is 3670. The fourth-order valence-electron chi connectivity index (χ4n) is 11.7. The van der Waals surface area contributed by atoms with Gasteiger partial charge in [-0.2, -0.15) is 4.57 Å².